The van der Waals surface area contributed by atoms with Crippen molar-refractivity contribution in [3.8, 4) is 44.5 Å². The first-order valence-electron chi connectivity index (χ1n) is 21.2. The zero-order valence-corrected chi connectivity index (χ0v) is 34.7. The minimum Gasteiger partial charge on any atom is -0.310 e. The van der Waals surface area contributed by atoms with Crippen LogP contribution in [0.2, 0.25) is 0 Å². The van der Waals surface area contributed by atoms with Crippen LogP contribution in [0.4, 0.5) is 17.1 Å². The molecule has 0 aliphatic carbocycles. The minimum absolute atomic E-state index is 1.10. The largest absolute Gasteiger partial charge is 0.310 e. The van der Waals surface area contributed by atoms with Crippen molar-refractivity contribution in [1.82, 2.24) is 0 Å². The van der Waals surface area contributed by atoms with Crippen LogP contribution < -0.4 is 4.90 Å². The number of anilines is 3. The van der Waals surface area contributed by atoms with Crippen molar-refractivity contribution in [2.24, 2.45) is 0 Å². The Balaban J connectivity index is 0.977. The second kappa shape index (κ2) is 15.0. The van der Waals surface area contributed by atoms with E-state index in [-0.39, 0.29) is 0 Å². The molecule has 0 atom stereocenters. The van der Waals surface area contributed by atoms with Crippen LogP contribution in [0.15, 0.2) is 237 Å². The molecule has 0 saturated carbocycles. The standard InChI is InChI=1S/C60H39NS/c1-2-13-42(14-3-1)57-37-49-28-32-52(39-58(49)54-21-7-6-20-53(54)57)61(50-30-26-41(27-31-50)47-25-24-40-12-4-5-15-43(40)34-47)51-19-11-18-46(36-51)44-16-10-17-45(35-44)48-29-33-56-55-22-8-9-23-59(55)62-60(56)38-48/h1-39H. The van der Waals surface area contributed by atoms with Gasteiger partial charge in [-0.15, -0.1) is 11.3 Å². The van der Waals surface area contributed by atoms with Gasteiger partial charge in [-0.1, -0.05) is 170 Å². The van der Waals surface area contributed by atoms with Crippen molar-refractivity contribution in [2.45, 2.75) is 0 Å². The summed E-state index contributed by atoms with van der Waals surface area (Å²) in [5, 5.41) is 10.1. The molecule has 62 heavy (non-hydrogen) atoms. The van der Waals surface area contributed by atoms with Gasteiger partial charge in [-0.05, 0) is 144 Å². The number of hydrogen-bond donors (Lipinski definition) is 0. The maximum atomic E-state index is 2.41. The average molecular weight is 806 g/mol. The fraction of sp³-hybridized carbons (Fsp3) is 0. The van der Waals surface area contributed by atoms with E-state index < -0.39 is 0 Å². The lowest BCUT2D eigenvalue weighted by atomic mass is 9.93. The molecular weight excluding hydrogens is 767 g/mol. The molecule has 0 aliphatic heterocycles. The highest BCUT2D eigenvalue weighted by Crippen LogP contribution is 2.43. The number of nitrogens with zero attached hydrogens (tertiary/aromatic N) is 1. The Bertz CT molecular complexity index is 3640. The van der Waals surface area contributed by atoms with Gasteiger partial charge in [0.1, 0.15) is 0 Å². The molecule has 0 fully saturated rings. The number of rotatable bonds is 7. The van der Waals surface area contributed by atoms with Crippen LogP contribution in [-0.4, -0.2) is 0 Å². The summed E-state index contributed by atoms with van der Waals surface area (Å²) in [6.45, 7) is 0. The molecule has 0 spiro atoms. The molecule has 0 amide bonds. The van der Waals surface area contributed by atoms with E-state index in [0.717, 1.165) is 17.1 Å². The number of benzene rings is 11. The van der Waals surface area contributed by atoms with Gasteiger partial charge in [0.15, 0.2) is 0 Å². The van der Waals surface area contributed by atoms with Gasteiger partial charge < -0.3 is 4.90 Å². The Morgan fingerprint density at radius 3 is 1.65 bits per heavy atom. The van der Waals surface area contributed by atoms with E-state index in [1.165, 1.54) is 97.0 Å². The topological polar surface area (TPSA) is 3.24 Å². The van der Waals surface area contributed by atoms with Crippen LogP contribution in [0.1, 0.15) is 0 Å². The third kappa shape index (κ3) is 6.41. The van der Waals surface area contributed by atoms with Crippen LogP contribution >= 0.6 is 11.3 Å². The lowest BCUT2D eigenvalue weighted by molar-refractivity contribution is 1.29. The fourth-order valence-corrected chi connectivity index (χ4v) is 10.5. The molecule has 12 rings (SSSR count). The van der Waals surface area contributed by atoms with Crippen LogP contribution in [0, 0.1) is 0 Å². The lowest BCUT2D eigenvalue weighted by Crippen LogP contribution is -2.10. The summed E-state index contributed by atoms with van der Waals surface area (Å²) >= 11 is 1.87. The first-order chi connectivity index (χ1) is 30.7. The highest BCUT2D eigenvalue weighted by Gasteiger charge is 2.17. The van der Waals surface area contributed by atoms with Gasteiger partial charge in [0.05, 0.1) is 0 Å². The monoisotopic (exact) mass is 805 g/mol. The SMILES string of the molecule is c1ccc(-c2cc3ccc(N(c4ccc(-c5ccc6ccccc6c5)cc4)c4cccc(-c5cccc(-c6ccc7c(c6)sc6ccccc67)c5)c4)cc3c3ccccc23)cc1. The molecule has 1 heterocycles. The van der Waals surface area contributed by atoms with Gasteiger partial charge in [-0.2, -0.15) is 0 Å². The predicted octanol–water partition coefficient (Wildman–Crippen LogP) is 17.7. The number of hydrogen-bond acceptors (Lipinski definition) is 2. The van der Waals surface area contributed by atoms with Crippen LogP contribution in [0.5, 0.6) is 0 Å². The van der Waals surface area contributed by atoms with E-state index in [9.17, 15) is 0 Å². The van der Waals surface area contributed by atoms with Gasteiger partial charge in [0.25, 0.3) is 0 Å². The smallest absolute Gasteiger partial charge is 0.0468 e. The van der Waals surface area contributed by atoms with E-state index in [2.05, 4.69) is 241 Å². The molecule has 0 aliphatic rings. The molecule has 12 aromatic rings. The normalized spacial score (nSPS) is 11.5. The summed E-state index contributed by atoms with van der Waals surface area (Å²) in [4.78, 5) is 2.41. The number of thiophene rings is 1. The average Bonchev–Trinajstić information content (AvgIpc) is 3.72. The first kappa shape index (κ1) is 36.1. The Labute approximate surface area is 365 Å². The van der Waals surface area contributed by atoms with Crippen molar-refractivity contribution in [1.29, 1.82) is 0 Å². The maximum absolute atomic E-state index is 2.41. The molecular formula is C60H39NS. The molecule has 0 bridgehead atoms. The summed E-state index contributed by atoms with van der Waals surface area (Å²) in [6.07, 6.45) is 0. The van der Waals surface area contributed by atoms with Gasteiger partial charge in [0.2, 0.25) is 0 Å². The zero-order valence-electron chi connectivity index (χ0n) is 33.9. The molecule has 1 aromatic heterocycles. The van der Waals surface area contributed by atoms with Crippen LogP contribution in [-0.2, 0) is 0 Å². The van der Waals surface area contributed by atoms with E-state index in [4.69, 9.17) is 0 Å². The van der Waals surface area contributed by atoms with E-state index >= 15 is 0 Å². The van der Waals surface area contributed by atoms with Crippen molar-refractivity contribution in [3.05, 3.63) is 237 Å². The summed E-state index contributed by atoms with van der Waals surface area (Å²) in [5.41, 5.74) is 13.0. The highest BCUT2D eigenvalue weighted by atomic mass is 32.1. The van der Waals surface area contributed by atoms with Crippen molar-refractivity contribution in [2.75, 3.05) is 4.90 Å². The van der Waals surface area contributed by atoms with Crippen LogP contribution in [0.25, 0.3) is 97.0 Å². The summed E-state index contributed by atoms with van der Waals surface area (Å²) < 4.78 is 2.65. The van der Waals surface area contributed by atoms with Crippen LogP contribution in [0.3, 0.4) is 0 Å². The Hall–Kier alpha value is -7.78. The zero-order chi connectivity index (χ0) is 41.0. The third-order valence-corrected chi connectivity index (χ3v) is 13.5. The third-order valence-electron chi connectivity index (χ3n) is 12.4. The van der Waals surface area contributed by atoms with Gasteiger partial charge >= 0.3 is 0 Å². The van der Waals surface area contributed by atoms with E-state index in [0.29, 0.717) is 0 Å². The van der Waals surface area contributed by atoms with E-state index in [1.54, 1.807) is 0 Å². The van der Waals surface area contributed by atoms with Crippen molar-refractivity contribution >= 4 is 80.9 Å². The molecule has 0 unspecified atom stereocenters. The van der Waals surface area contributed by atoms with Gasteiger partial charge in [0, 0.05) is 37.2 Å². The molecule has 0 radical (unpaired) electrons. The lowest BCUT2D eigenvalue weighted by Gasteiger charge is -2.27. The van der Waals surface area contributed by atoms with Gasteiger partial charge in [-0.3, -0.25) is 0 Å². The quantitative estimate of drug-likeness (QED) is 0.145. The Morgan fingerprint density at radius 1 is 0.242 bits per heavy atom. The molecule has 290 valence electrons. The molecule has 2 heteroatoms. The Morgan fingerprint density at radius 2 is 0.806 bits per heavy atom. The van der Waals surface area contributed by atoms with Crippen molar-refractivity contribution < 1.29 is 0 Å². The number of fused-ring (bicyclic) bond motifs is 7. The fourth-order valence-electron chi connectivity index (χ4n) is 9.31. The summed E-state index contributed by atoms with van der Waals surface area (Å²) in [7, 11) is 0. The second-order valence-electron chi connectivity index (χ2n) is 16.1. The molecule has 0 saturated heterocycles. The predicted molar refractivity (Wildman–Crippen MR) is 268 cm³/mol. The summed E-state index contributed by atoms with van der Waals surface area (Å²) in [5.74, 6) is 0. The summed E-state index contributed by atoms with van der Waals surface area (Å²) in [6, 6.07) is 86.8. The van der Waals surface area contributed by atoms with Crippen molar-refractivity contribution in [3.63, 3.8) is 0 Å². The molecule has 1 nitrogen and oxygen atoms in total. The first-order valence-corrected chi connectivity index (χ1v) is 22.0. The second-order valence-corrected chi connectivity index (χ2v) is 17.2. The minimum atomic E-state index is 1.10. The molecule has 11 aromatic carbocycles. The van der Waals surface area contributed by atoms with Gasteiger partial charge in [-0.25, -0.2) is 0 Å². The Kier molecular flexibility index (Phi) is 8.76. The molecule has 0 N–H and O–H groups in total. The highest BCUT2D eigenvalue weighted by molar-refractivity contribution is 7.25. The maximum Gasteiger partial charge on any atom is 0.0468 e. The van der Waals surface area contributed by atoms with E-state index in [1.807, 2.05) is 11.3 Å².